The van der Waals surface area contributed by atoms with Crippen molar-refractivity contribution in [1.82, 2.24) is 9.88 Å². The number of ether oxygens (including phenoxy) is 1. The van der Waals surface area contributed by atoms with E-state index in [9.17, 15) is 19.2 Å². The number of aromatic nitrogens is 1. The molecule has 10 heteroatoms. The highest BCUT2D eigenvalue weighted by Gasteiger charge is 2.42. The number of anilines is 2. The molecule has 2 aromatic rings. The molecule has 0 spiro atoms. The fraction of sp³-hybridized carbons (Fsp3) is 0.350. The maximum Gasteiger partial charge on any atom is 0.357 e. The average molecular weight is 428 g/mol. The number of carbonyl (C=O) groups is 4. The first kappa shape index (κ1) is 20.0. The maximum absolute atomic E-state index is 13.2. The monoisotopic (exact) mass is 428 g/mol. The third-order valence-electron chi connectivity index (χ3n) is 5.21. The van der Waals surface area contributed by atoms with Gasteiger partial charge in [-0.1, -0.05) is 12.1 Å². The first-order chi connectivity index (χ1) is 14.4. The number of nitrogens with one attached hydrogen (secondary N) is 1. The van der Waals surface area contributed by atoms with Crippen molar-refractivity contribution in [2.75, 3.05) is 30.4 Å². The van der Waals surface area contributed by atoms with Crippen molar-refractivity contribution in [3.8, 4) is 0 Å². The van der Waals surface area contributed by atoms with Crippen LogP contribution in [0, 0.1) is 6.92 Å². The van der Waals surface area contributed by atoms with Crippen molar-refractivity contribution >= 4 is 45.8 Å². The second-order valence-corrected chi connectivity index (χ2v) is 8.26. The van der Waals surface area contributed by atoms with Crippen LogP contribution in [0.15, 0.2) is 24.3 Å². The van der Waals surface area contributed by atoms with Crippen molar-refractivity contribution in [3.63, 3.8) is 0 Å². The fourth-order valence-corrected chi connectivity index (χ4v) is 4.63. The van der Waals surface area contributed by atoms with Crippen LogP contribution in [0.25, 0.3) is 0 Å². The third kappa shape index (κ3) is 3.43. The lowest BCUT2D eigenvalue weighted by molar-refractivity contribution is -0.124. The SMILES string of the molecule is COC(=O)c1nc(NC(=O)CN2C(=O)[C@@H]3CCCN3C(=O)c3ccccc32)sc1C. The van der Waals surface area contributed by atoms with Gasteiger partial charge in [-0.05, 0) is 31.9 Å². The molecule has 0 radical (unpaired) electrons. The smallest absolute Gasteiger partial charge is 0.357 e. The average Bonchev–Trinajstić information content (AvgIpc) is 3.35. The van der Waals surface area contributed by atoms with E-state index in [0.29, 0.717) is 29.1 Å². The van der Waals surface area contributed by atoms with Gasteiger partial charge in [-0.2, -0.15) is 0 Å². The van der Waals surface area contributed by atoms with Crippen LogP contribution < -0.4 is 10.2 Å². The van der Waals surface area contributed by atoms with Crippen LogP contribution in [0.4, 0.5) is 10.8 Å². The second-order valence-electron chi connectivity index (χ2n) is 7.06. The predicted molar refractivity (Wildman–Crippen MR) is 110 cm³/mol. The number of methoxy groups -OCH3 is 1. The molecule has 4 rings (SSSR count). The molecule has 2 aliphatic rings. The Kier molecular flexibility index (Phi) is 5.25. The Morgan fingerprint density at radius 2 is 2.07 bits per heavy atom. The van der Waals surface area contributed by atoms with Crippen LogP contribution in [-0.2, 0) is 14.3 Å². The number of amides is 3. The first-order valence-electron chi connectivity index (χ1n) is 9.47. The summed E-state index contributed by atoms with van der Waals surface area (Å²) in [5.41, 5.74) is 0.963. The number of esters is 1. The molecule has 0 saturated carbocycles. The van der Waals surface area contributed by atoms with Gasteiger partial charge in [-0.25, -0.2) is 9.78 Å². The summed E-state index contributed by atoms with van der Waals surface area (Å²) in [5, 5.41) is 2.88. The van der Waals surface area contributed by atoms with Gasteiger partial charge in [0, 0.05) is 11.4 Å². The summed E-state index contributed by atoms with van der Waals surface area (Å²) >= 11 is 1.15. The predicted octanol–water partition coefficient (Wildman–Crippen LogP) is 1.83. The summed E-state index contributed by atoms with van der Waals surface area (Å²) in [5.74, 6) is -1.52. The molecule has 30 heavy (non-hydrogen) atoms. The zero-order valence-corrected chi connectivity index (χ0v) is 17.3. The van der Waals surface area contributed by atoms with Crippen molar-refractivity contribution in [1.29, 1.82) is 0 Å². The summed E-state index contributed by atoms with van der Waals surface area (Å²) in [4.78, 5) is 58.2. The highest BCUT2D eigenvalue weighted by atomic mass is 32.1. The number of carbonyl (C=O) groups excluding carboxylic acids is 4. The van der Waals surface area contributed by atoms with Crippen LogP contribution in [-0.4, -0.2) is 59.8 Å². The van der Waals surface area contributed by atoms with Gasteiger partial charge >= 0.3 is 5.97 Å². The number of aryl methyl sites for hydroxylation is 1. The molecule has 2 aliphatic heterocycles. The van der Waals surface area contributed by atoms with Crippen molar-refractivity contribution < 1.29 is 23.9 Å². The Bertz CT molecular complexity index is 1050. The number of hydrogen-bond acceptors (Lipinski definition) is 7. The molecule has 0 bridgehead atoms. The molecule has 1 aromatic heterocycles. The number of thiazole rings is 1. The van der Waals surface area contributed by atoms with Crippen molar-refractivity contribution in [2.45, 2.75) is 25.8 Å². The quantitative estimate of drug-likeness (QED) is 0.744. The lowest BCUT2D eigenvalue weighted by Crippen LogP contribution is -2.47. The van der Waals surface area contributed by atoms with Crippen molar-refractivity contribution in [2.24, 2.45) is 0 Å². The fourth-order valence-electron chi connectivity index (χ4n) is 3.81. The Balaban J connectivity index is 1.59. The van der Waals surface area contributed by atoms with E-state index < -0.39 is 17.9 Å². The van der Waals surface area contributed by atoms with E-state index in [2.05, 4.69) is 15.0 Å². The Morgan fingerprint density at radius 1 is 1.30 bits per heavy atom. The third-order valence-corrected chi connectivity index (χ3v) is 6.10. The van der Waals surface area contributed by atoms with Gasteiger partial charge in [-0.15, -0.1) is 11.3 Å². The normalized spacial score (nSPS) is 18.0. The van der Waals surface area contributed by atoms with E-state index in [0.717, 1.165) is 17.8 Å². The number of para-hydroxylation sites is 1. The largest absolute Gasteiger partial charge is 0.464 e. The van der Waals surface area contributed by atoms with Crippen LogP contribution >= 0.6 is 11.3 Å². The highest BCUT2D eigenvalue weighted by molar-refractivity contribution is 7.16. The van der Waals surface area contributed by atoms with Gasteiger partial charge in [0.15, 0.2) is 10.8 Å². The molecular formula is C20H20N4O5S. The Hall–Kier alpha value is -3.27. The molecule has 3 amide bonds. The molecule has 0 aliphatic carbocycles. The van der Waals surface area contributed by atoms with Crippen LogP contribution in [0.3, 0.4) is 0 Å². The summed E-state index contributed by atoms with van der Waals surface area (Å²) < 4.78 is 4.68. The summed E-state index contributed by atoms with van der Waals surface area (Å²) in [6.45, 7) is 1.96. The zero-order valence-electron chi connectivity index (χ0n) is 16.5. The summed E-state index contributed by atoms with van der Waals surface area (Å²) in [6.07, 6.45) is 1.32. The first-order valence-corrected chi connectivity index (χ1v) is 10.3. The van der Waals surface area contributed by atoms with Gasteiger partial charge in [0.2, 0.25) is 11.8 Å². The maximum atomic E-state index is 13.2. The van der Waals surface area contributed by atoms with Gasteiger partial charge < -0.3 is 19.9 Å². The minimum Gasteiger partial charge on any atom is -0.464 e. The molecule has 156 valence electrons. The number of benzene rings is 1. The van der Waals surface area contributed by atoms with Crippen LogP contribution in [0.1, 0.15) is 38.6 Å². The lowest BCUT2D eigenvalue weighted by Gasteiger charge is -2.25. The van der Waals surface area contributed by atoms with E-state index in [1.165, 1.54) is 12.0 Å². The van der Waals surface area contributed by atoms with Crippen LogP contribution in [0.2, 0.25) is 0 Å². The molecule has 1 atom stereocenters. The van der Waals surface area contributed by atoms with Gasteiger partial charge in [0.05, 0.1) is 18.4 Å². The van der Waals surface area contributed by atoms with Gasteiger partial charge in [0.25, 0.3) is 5.91 Å². The number of hydrogen-bond donors (Lipinski definition) is 1. The van der Waals surface area contributed by atoms with E-state index >= 15 is 0 Å². The molecule has 9 nitrogen and oxygen atoms in total. The molecular weight excluding hydrogens is 408 g/mol. The minimum absolute atomic E-state index is 0.140. The molecule has 1 N–H and O–H groups in total. The number of fused-ring (bicyclic) bond motifs is 2. The van der Waals surface area contributed by atoms with E-state index in [4.69, 9.17) is 0 Å². The molecule has 3 heterocycles. The van der Waals surface area contributed by atoms with E-state index in [-0.39, 0.29) is 29.2 Å². The van der Waals surface area contributed by atoms with E-state index in [1.807, 2.05) is 0 Å². The van der Waals surface area contributed by atoms with Crippen LogP contribution in [0.5, 0.6) is 0 Å². The molecule has 1 aromatic carbocycles. The molecule has 1 fully saturated rings. The minimum atomic E-state index is -0.583. The lowest BCUT2D eigenvalue weighted by atomic mass is 10.1. The van der Waals surface area contributed by atoms with Crippen molar-refractivity contribution in [3.05, 3.63) is 40.4 Å². The standard InChI is InChI=1S/C20H20N4O5S/c1-11-16(19(28)29-2)22-20(30-11)21-15(25)10-24-13-7-4-3-6-12(13)17(26)23-9-5-8-14(23)18(24)27/h3-4,6-7,14H,5,8-10H2,1-2H3,(H,21,22,25)/t14-/m0/s1. The number of nitrogens with zero attached hydrogens (tertiary/aromatic N) is 3. The van der Waals surface area contributed by atoms with Gasteiger partial charge in [0.1, 0.15) is 12.6 Å². The topological polar surface area (TPSA) is 109 Å². The molecule has 1 saturated heterocycles. The Morgan fingerprint density at radius 3 is 2.83 bits per heavy atom. The summed E-state index contributed by atoms with van der Waals surface area (Å²) in [6, 6.07) is 6.24. The second kappa shape index (κ2) is 7.86. The number of rotatable bonds is 4. The zero-order chi connectivity index (χ0) is 21.4. The van der Waals surface area contributed by atoms with Gasteiger partial charge in [-0.3, -0.25) is 14.4 Å². The summed E-state index contributed by atoms with van der Waals surface area (Å²) in [7, 11) is 1.26. The van der Waals surface area contributed by atoms with E-state index in [1.54, 1.807) is 36.1 Å². The molecule has 0 unspecified atom stereocenters. The highest BCUT2D eigenvalue weighted by Crippen LogP contribution is 2.32. The Labute approximate surface area is 176 Å².